The molecule has 0 spiro atoms. The molecule has 1 saturated heterocycles. The van der Waals surface area contributed by atoms with E-state index in [0.29, 0.717) is 6.42 Å². The zero-order valence-electron chi connectivity index (χ0n) is 12.6. The summed E-state index contributed by atoms with van der Waals surface area (Å²) < 4.78 is 5.75. The minimum absolute atomic E-state index is 0.180. The van der Waals surface area contributed by atoms with E-state index in [9.17, 15) is 4.79 Å². The lowest BCUT2D eigenvalue weighted by molar-refractivity contribution is 0.0988. The molecule has 0 aliphatic carbocycles. The zero-order chi connectivity index (χ0) is 14.4. The predicted molar refractivity (Wildman–Crippen MR) is 81.4 cm³/mol. The highest BCUT2D eigenvalue weighted by Crippen LogP contribution is 2.16. The second kappa shape index (κ2) is 7.44. The molecule has 0 unspecified atom stereocenters. The fourth-order valence-electron chi connectivity index (χ4n) is 2.52. The predicted octanol–water partition coefficient (Wildman–Crippen LogP) is 3.39. The smallest absolute Gasteiger partial charge is 0.162 e. The number of carbonyl (C=O) groups excluding carboxylic acids is 1. The van der Waals surface area contributed by atoms with Crippen LogP contribution in [0.4, 0.5) is 0 Å². The molecular weight excluding hydrogens is 250 g/mol. The molecule has 0 atom stereocenters. The Bertz CT molecular complexity index is 419. The SMILES string of the molecule is CCC(=O)c1ccc(OCCN2CCC(C)CC2)cc1. The Morgan fingerprint density at radius 2 is 1.90 bits per heavy atom. The van der Waals surface area contributed by atoms with Gasteiger partial charge in [0, 0.05) is 18.5 Å². The highest BCUT2D eigenvalue weighted by molar-refractivity contribution is 5.95. The molecule has 110 valence electrons. The maximum atomic E-state index is 11.5. The molecule has 0 saturated carbocycles. The quantitative estimate of drug-likeness (QED) is 0.745. The van der Waals surface area contributed by atoms with Crippen molar-refractivity contribution < 1.29 is 9.53 Å². The summed E-state index contributed by atoms with van der Waals surface area (Å²) in [7, 11) is 0. The number of hydrogen-bond donors (Lipinski definition) is 0. The van der Waals surface area contributed by atoms with E-state index >= 15 is 0 Å². The number of likely N-dealkylation sites (tertiary alicyclic amines) is 1. The number of hydrogen-bond acceptors (Lipinski definition) is 3. The van der Waals surface area contributed by atoms with Gasteiger partial charge in [-0.2, -0.15) is 0 Å². The first-order valence-electron chi connectivity index (χ1n) is 7.67. The Hall–Kier alpha value is -1.35. The number of rotatable bonds is 6. The second-order valence-corrected chi connectivity index (χ2v) is 5.67. The van der Waals surface area contributed by atoms with Gasteiger partial charge in [0.05, 0.1) is 0 Å². The van der Waals surface area contributed by atoms with Gasteiger partial charge in [-0.3, -0.25) is 9.69 Å². The van der Waals surface area contributed by atoms with Crippen molar-refractivity contribution in [2.24, 2.45) is 5.92 Å². The molecule has 1 aliphatic rings. The van der Waals surface area contributed by atoms with Gasteiger partial charge < -0.3 is 4.74 Å². The Morgan fingerprint density at radius 1 is 1.25 bits per heavy atom. The number of ether oxygens (including phenoxy) is 1. The lowest BCUT2D eigenvalue weighted by atomic mass is 9.99. The fraction of sp³-hybridized carbons (Fsp3) is 0.588. The van der Waals surface area contributed by atoms with Crippen molar-refractivity contribution >= 4 is 5.78 Å². The normalized spacial score (nSPS) is 17.1. The Balaban J connectivity index is 1.73. The Labute approximate surface area is 121 Å². The molecule has 2 rings (SSSR count). The third kappa shape index (κ3) is 4.34. The van der Waals surface area contributed by atoms with Crippen molar-refractivity contribution in [1.29, 1.82) is 0 Å². The van der Waals surface area contributed by atoms with Crippen molar-refractivity contribution in [2.45, 2.75) is 33.1 Å². The largest absolute Gasteiger partial charge is 0.492 e. The van der Waals surface area contributed by atoms with Gasteiger partial charge in [-0.25, -0.2) is 0 Å². The summed E-state index contributed by atoms with van der Waals surface area (Å²) in [5, 5.41) is 0. The summed E-state index contributed by atoms with van der Waals surface area (Å²) in [5.74, 6) is 1.90. The average molecular weight is 275 g/mol. The van der Waals surface area contributed by atoms with Crippen LogP contribution in [0.25, 0.3) is 0 Å². The van der Waals surface area contributed by atoms with Crippen LogP contribution in [-0.2, 0) is 0 Å². The van der Waals surface area contributed by atoms with E-state index in [1.807, 2.05) is 31.2 Å². The monoisotopic (exact) mass is 275 g/mol. The molecule has 1 aromatic rings. The van der Waals surface area contributed by atoms with E-state index < -0.39 is 0 Å². The molecule has 1 aliphatic heterocycles. The van der Waals surface area contributed by atoms with Crippen LogP contribution in [-0.4, -0.2) is 36.9 Å². The molecule has 1 fully saturated rings. The van der Waals surface area contributed by atoms with Crippen molar-refractivity contribution in [2.75, 3.05) is 26.2 Å². The lowest BCUT2D eigenvalue weighted by Crippen LogP contribution is -2.35. The van der Waals surface area contributed by atoms with Gasteiger partial charge in [0.15, 0.2) is 5.78 Å². The summed E-state index contributed by atoms with van der Waals surface area (Å²) in [4.78, 5) is 14.0. The Kier molecular flexibility index (Phi) is 5.60. The second-order valence-electron chi connectivity index (χ2n) is 5.67. The molecule has 0 bridgehead atoms. The van der Waals surface area contributed by atoms with Gasteiger partial charge in [0.1, 0.15) is 12.4 Å². The molecule has 3 nitrogen and oxygen atoms in total. The summed E-state index contributed by atoms with van der Waals surface area (Å²) in [6, 6.07) is 7.48. The van der Waals surface area contributed by atoms with Crippen molar-refractivity contribution in [3.8, 4) is 5.75 Å². The van der Waals surface area contributed by atoms with E-state index in [-0.39, 0.29) is 5.78 Å². The summed E-state index contributed by atoms with van der Waals surface area (Å²) >= 11 is 0. The standard InChI is InChI=1S/C17H25NO2/c1-3-17(19)15-4-6-16(7-5-15)20-13-12-18-10-8-14(2)9-11-18/h4-7,14H,3,8-13H2,1-2H3. The van der Waals surface area contributed by atoms with Gasteiger partial charge in [0.25, 0.3) is 0 Å². The third-order valence-corrected chi connectivity index (χ3v) is 4.05. The number of Topliss-reactive ketones (excluding diaryl/α,β-unsaturated/α-hetero) is 1. The molecule has 0 N–H and O–H groups in total. The van der Waals surface area contributed by atoms with Crippen LogP contribution in [0.3, 0.4) is 0 Å². The van der Waals surface area contributed by atoms with E-state index in [0.717, 1.165) is 30.4 Å². The van der Waals surface area contributed by atoms with Crippen LogP contribution in [0.2, 0.25) is 0 Å². The first-order chi connectivity index (χ1) is 9.69. The van der Waals surface area contributed by atoms with E-state index in [1.54, 1.807) is 0 Å². The van der Waals surface area contributed by atoms with Gasteiger partial charge in [0.2, 0.25) is 0 Å². The van der Waals surface area contributed by atoms with Crippen molar-refractivity contribution in [3.63, 3.8) is 0 Å². The van der Waals surface area contributed by atoms with Crippen LogP contribution in [0, 0.1) is 5.92 Å². The average Bonchev–Trinajstić information content (AvgIpc) is 2.49. The first-order valence-corrected chi connectivity index (χ1v) is 7.67. The first kappa shape index (κ1) is 15.0. The number of carbonyl (C=O) groups is 1. The summed E-state index contributed by atoms with van der Waals surface area (Å²) in [5.41, 5.74) is 0.768. The van der Waals surface area contributed by atoms with Crippen molar-refractivity contribution in [3.05, 3.63) is 29.8 Å². The Morgan fingerprint density at radius 3 is 2.50 bits per heavy atom. The maximum absolute atomic E-state index is 11.5. The molecule has 1 heterocycles. The summed E-state index contributed by atoms with van der Waals surface area (Å²) in [6.45, 7) is 8.29. The van der Waals surface area contributed by atoms with Crippen LogP contribution < -0.4 is 4.74 Å². The van der Waals surface area contributed by atoms with Gasteiger partial charge in [-0.15, -0.1) is 0 Å². The van der Waals surface area contributed by atoms with E-state index in [1.165, 1.54) is 25.9 Å². The van der Waals surface area contributed by atoms with Crippen molar-refractivity contribution in [1.82, 2.24) is 4.90 Å². The molecule has 0 amide bonds. The number of benzene rings is 1. The molecule has 0 aromatic heterocycles. The van der Waals surface area contributed by atoms with Gasteiger partial charge in [-0.1, -0.05) is 13.8 Å². The lowest BCUT2D eigenvalue weighted by Gasteiger charge is -2.29. The fourth-order valence-corrected chi connectivity index (χ4v) is 2.52. The van der Waals surface area contributed by atoms with Crippen LogP contribution in [0.15, 0.2) is 24.3 Å². The number of piperidine rings is 1. The molecular formula is C17H25NO2. The number of nitrogens with zero attached hydrogens (tertiary/aromatic N) is 1. The van der Waals surface area contributed by atoms with Crippen LogP contribution >= 0.6 is 0 Å². The molecule has 1 aromatic carbocycles. The van der Waals surface area contributed by atoms with Crippen LogP contribution in [0.1, 0.15) is 43.5 Å². The minimum atomic E-state index is 0.180. The van der Waals surface area contributed by atoms with E-state index in [4.69, 9.17) is 4.74 Å². The number of ketones is 1. The summed E-state index contributed by atoms with van der Waals surface area (Å²) in [6.07, 6.45) is 3.15. The molecule has 0 radical (unpaired) electrons. The minimum Gasteiger partial charge on any atom is -0.492 e. The molecule has 3 heteroatoms. The maximum Gasteiger partial charge on any atom is 0.162 e. The highest BCUT2D eigenvalue weighted by Gasteiger charge is 2.15. The van der Waals surface area contributed by atoms with Gasteiger partial charge >= 0.3 is 0 Å². The third-order valence-electron chi connectivity index (χ3n) is 4.05. The topological polar surface area (TPSA) is 29.5 Å². The van der Waals surface area contributed by atoms with Gasteiger partial charge in [-0.05, 0) is 56.1 Å². The van der Waals surface area contributed by atoms with Crippen LogP contribution in [0.5, 0.6) is 5.75 Å². The zero-order valence-corrected chi connectivity index (χ0v) is 12.6. The molecule has 20 heavy (non-hydrogen) atoms. The van der Waals surface area contributed by atoms with E-state index in [2.05, 4.69) is 11.8 Å². The highest BCUT2D eigenvalue weighted by atomic mass is 16.5.